The van der Waals surface area contributed by atoms with Crippen LogP contribution in [-0.4, -0.2) is 47.0 Å². The lowest BCUT2D eigenvalue weighted by molar-refractivity contribution is -0.123. The van der Waals surface area contributed by atoms with Gasteiger partial charge in [0.25, 0.3) is 5.91 Å². The van der Waals surface area contributed by atoms with Crippen molar-refractivity contribution in [2.45, 2.75) is 25.0 Å². The Labute approximate surface area is 149 Å². The van der Waals surface area contributed by atoms with Crippen LogP contribution in [0.25, 0.3) is 0 Å². The number of anilines is 1. The van der Waals surface area contributed by atoms with E-state index in [4.69, 9.17) is 4.74 Å². The summed E-state index contributed by atoms with van der Waals surface area (Å²) < 4.78 is 5.80. The molecule has 0 unspecified atom stereocenters. The quantitative estimate of drug-likeness (QED) is 0.916. The van der Waals surface area contributed by atoms with Crippen molar-refractivity contribution in [1.29, 1.82) is 0 Å². The van der Waals surface area contributed by atoms with Crippen LogP contribution in [0, 0.1) is 5.92 Å². The predicted molar refractivity (Wildman–Crippen MR) is 94.5 cm³/mol. The Balaban J connectivity index is 1.52. The fourth-order valence-electron chi connectivity index (χ4n) is 3.60. The highest BCUT2D eigenvalue weighted by Gasteiger charge is 2.44. The zero-order chi connectivity index (χ0) is 17.2. The van der Waals surface area contributed by atoms with Crippen molar-refractivity contribution in [3.63, 3.8) is 0 Å². The first-order valence-corrected chi connectivity index (χ1v) is 9.32. The molecule has 7 heteroatoms. The second kappa shape index (κ2) is 6.93. The predicted octanol–water partition coefficient (Wildman–Crippen LogP) is 2.40. The Hall–Kier alpha value is -2.25. The van der Waals surface area contributed by atoms with Gasteiger partial charge in [0.05, 0.1) is 35.5 Å². The second-order valence-electron chi connectivity index (χ2n) is 6.40. The molecule has 2 fully saturated rings. The molecule has 4 rings (SSSR count). The number of fused-ring (bicyclic) bond motifs is 1. The average Bonchev–Trinajstić information content (AvgIpc) is 3.32. The molecule has 0 aromatic carbocycles. The molecule has 0 radical (unpaired) electrons. The lowest BCUT2D eigenvalue weighted by Crippen LogP contribution is -2.54. The molecule has 130 valence electrons. The van der Waals surface area contributed by atoms with Crippen LogP contribution in [0.2, 0.25) is 0 Å². The minimum Gasteiger partial charge on any atom is -0.376 e. The third-order valence-electron chi connectivity index (χ3n) is 4.84. The number of hydrogen-bond acceptors (Lipinski definition) is 5. The van der Waals surface area contributed by atoms with E-state index >= 15 is 0 Å². The summed E-state index contributed by atoms with van der Waals surface area (Å²) >= 11 is 1.50. The summed E-state index contributed by atoms with van der Waals surface area (Å²) in [6.45, 7) is 1.06. The first-order valence-electron chi connectivity index (χ1n) is 8.38. The van der Waals surface area contributed by atoms with Crippen molar-refractivity contribution < 1.29 is 14.3 Å². The van der Waals surface area contributed by atoms with Gasteiger partial charge in [0, 0.05) is 24.7 Å². The number of carbonyl (C=O) groups excluding carboxylic acids is 2. The maximum atomic E-state index is 12.9. The molecule has 4 heterocycles. The fourth-order valence-corrected chi connectivity index (χ4v) is 4.23. The largest absolute Gasteiger partial charge is 0.376 e. The van der Waals surface area contributed by atoms with Crippen LogP contribution in [0.4, 0.5) is 5.69 Å². The molecule has 0 saturated carbocycles. The van der Waals surface area contributed by atoms with E-state index in [1.807, 2.05) is 21.7 Å². The second-order valence-corrected chi connectivity index (χ2v) is 7.18. The van der Waals surface area contributed by atoms with E-state index in [2.05, 4.69) is 10.3 Å². The number of thiophene rings is 1. The van der Waals surface area contributed by atoms with Gasteiger partial charge < -0.3 is 15.0 Å². The summed E-state index contributed by atoms with van der Waals surface area (Å²) in [6.07, 6.45) is 4.68. The molecule has 2 aromatic heterocycles. The summed E-state index contributed by atoms with van der Waals surface area (Å²) in [4.78, 5) is 31.4. The van der Waals surface area contributed by atoms with E-state index in [1.54, 1.807) is 24.5 Å². The number of nitrogens with one attached hydrogen (secondary N) is 1. The molecule has 0 spiro atoms. The van der Waals surface area contributed by atoms with Gasteiger partial charge in [0.2, 0.25) is 5.91 Å². The molecule has 0 bridgehead atoms. The Bertz CT molecular complexity index is 750. The Morgan fingerprint density at radius 1 is 1.36 bits per heavy atom. The molecule has 2 aromatic rings. The number of hydrogen-bond donors (Lipinski definition) is 1. The topological polar surface area (TPSA) is 71.5 Å². The van der Waals surface area contributed by atoms with Gasteiger partial charge in [-0.3, -0.25) is 14.6 Å². The zero-order valence-corrected chi connectivity index (χ0v) is 14.4. The first kappa shape index (κ1) is 16.2. The Morgan fingerprint density at radius 3 is 3.04 bits per heavy atom. The highest BCUT2D eigenvalue weighted by Crippen LogP contribution is 2.33. The van der Waals surface area contributed by atoms with Gasteiger partial charge >= 0.3 is 0 Å². The molecule has 0 aliphatic carbocycles. The average molecular weight is 357 g/mol. The molecule has 2 amide bonds. The smallest absolute Gasteiger partial charge is 0.255 e. The number of likely N-dealkylation sites (tertiary alicyclic amines) is 1. The number of nitrogens with zero attached hydrogens (tertiary/aromatic N) is 2. The fraction of sp³-hybridized carbons (Fsp3) is 0.389. The number of ether oxygens (including phenoxy) is 1. The van der Waals surface area contributed by atoms with E-state index in [-0.39, 0.29) is 29.9 Å². The first-order chi connectivity index (χ1) is 12.2. The maximum absolute atomic E-state index is 12.9. The summed E-state index contributed by atoms with van der Waals surface area (Å²) in [5.74, 6) is -0.396. The van der Waals surface area contributed by atoms with Crippen molar-refractivity contribution in [3.8, 4) is 0 Å². The monoisotopic (exact) mass is 357 g/mol. The molecular formula is C18H19N3O3S. The standard InChI is InChI=1S/C18H19N3O3S/c22-17(20-14-2-1-5-19-9-14)13-8-16-15(3-6-24-16)21(10-13)18(23)12-4-7-25-11-12/h1-2,4-5,7,9,11,13,15-16H,3,6,8,10H2,(H,20,22)/t13-,15+,16+/m1/s1. The van der Waals surface area contributed by atoms with Gasteiger partial charge in [-0.05, 0) is 36.4 Å². The third kappa shape index (κ3) is 3.29. The number of rotatable bonds is 3. The van der Waals surface area contributed by atoms with Crippen LogP contribution in [0.15, 0.2) is 41.4 Å². The van der Waals surface area contributed by atoms with Gasteiger partial charge in [0.1, 0.15) is 0 Å². The molecule has 25 heavy (non-hydrogen) atoms. The van der Waals surface area contributed by atoms with E-state index in [0.717, 1.165) is 6.42 Å². The van der Waals surface area contributed by atoms with Crippen molar-refractivity contribution >= 4 is 28.8 Å². The third-order valence-corrected chi connectivity index (χ3v) is 5.52. The zero-order valence-electron chi connectivity index (χ0n) is 13.6. The minimum absolute atomic E-state index is 0.0133. The number of aromatic nitrogens is 1. The van der Waals surface area contributed by atoms with Gasteiger partial charge in [-0.15, -0.1) is 0 Å². The Morgan fingerprint density at radius 2 is 2.28 bits per heavy atom. The summed E-state index contributed by atoms with van der Waals surface area (Å²) in [5, 5.41) is 6.64. The molecule has 2 saturated heterocycles. The van der Waals surface area contributed by atoms with Crippen molar-refractivity contribution in [3.05, 3.63) is 46.9 Å². The van der Waals surface area contributed by atoms with Crippen LogP contribution in [0.1, 0.15) is 23.2 Å². The number of amides is 2. The molecule has 6 nitrogen and oxygen atoms in total. The minimum atomic E-state index is -0.290. The van der Waals surface area contributed by atoms with E-state index in [9.17, 15) is 9.59 Å². The molecule has 1 N–H and O–H groups in total. The van der Waals surface area contributed by atoms with Crippen LogP contribution in [0.3, 0.4) is 0 Å². The molecule has 3 atom stereocenters. The normalized spacial score (nSPS) is 25.4. The Kier molecular flexibility index (Phi) is 4.50. The highest BCUT2D eigenvalue weighted by atomic mass is 32.1. The summed E-state index contributed by atoms with van der Waals surface area (Å²) in [7, 11) is 0. The van der Waals surface area contributed by atoms with Crippen LogP contribution < -0.4 is 5.32 Å². The van der Waals surface area contributed by atoms with Crippen LogP contribution in [-0.2, 0) is 9.53 Å². The lowest BCUT2D eigenvalue weighted by Gasteiger charge is -2.40. The number of carbonyl (C=O) groups is 2. The van der Waals surface area contributed by atoms with Crippen LogP contribution >= 0.6 is 11.3 Å². The van der Waals surface area contributed by atoms with Crippen molar-refractivity contribution in [2.24, 2.45) is 5.92 Å². The molecule has 2 aliphatic heterocycles. The maximum Gasteiger partial charge on any atom is 0.255 e. The van der Waals surface area contributed by atoms with Gasteiger partial charge in [-0.25, -0.2) is 0 Å². The van der Waals surface area contributed by atoms with Crippen molar-refractivity contribution in [1.82, 2.24) is 9.88 Å². The van der Waals surface area contributed by atoms with Crippen LogP contribution in [0.5, 0.6) is 0 Å². The summed E-state index contributed by atoms with van der Waals surface area (Å²) in [6, 6.07) is 5.47. The van der Waals surface area contributed by atoms with Gasteiger partial charge in [0.15, 0.2) is 0 Å². The van der Waals surface area contributed by atoms with Gasteiger partial charge in [-0.1, -0.05) is 0 Å². The lowest BCUT2D eigenvalue weighted by atomic mass is 9.89. The van der Waals surface area contributed by atoms with E-state index in [0.29, 0.717) is 30.8 Å². The van der Waals surface area contributed by atoms with Crippen molar-refractivity contribution in [2.75, 3.05) is 18.5 Å². The summed E-state index contributed by atoms with van der Waals surface area (Å²) in [5.41, 5.74) is 1.35. The van der Waals surface area contributed by atoms with E-state index in [1.165, 1.54) is 11.3 Å². The molecule has 2 aliphatic rings. The van der Waals surface area contributed by atoms with E-state index < -0.39 is 0 Å². The van der Waals surface area contributed by atoms with Gasteiger partial charge in [-0.2, -0.15) is 11.3 Å². The highest BCUT2D eigenvalue weighted by molar-refractivity contribution is 7.08. The number of pyridine rings is 1. The SMILES string of the molecule is O=C(Nc1cccnc1)[C@@H]1C[C@@H]2OCC[C@@H]2N(C(=O)c2ccsc2)C1. The molecular weight excluding hydrogens is 338 g/mol. The number of piperidine rings is 1.